The largest absolute Gasteiger partial charge is 0.416 e. The molecule has 0 amide bonds. The summed E-state index contributed by atoms with van der Waals surface area (Å²) in [4.78, 5) is 12.0. The molecular weight excluding hydrogens is 257 g/mol. The molecule has 1 aromatic carbocycles. The number of hydrogen-bond acceptors (Lipinski definition) is 2. The Bertz CT molecular complexity index is 646. The van der Waals surface area contributed by atoms with Gasteiger partial charge in [-0.05, 0) is 42.6 Å². The smallest absolute Gasteiger partial charge is 0.330 e. The highest BCUT2D eigenvalue weighted by Crippen LogP contribution is 2.30. The molecule has 0 bridgehead atoms. The van der Waals surface area contributed by atoms with Gasteiger partial charge in [0.15, 0.2) is 0 Å². The first-order valence-corrected chi connectivity index (χ1v) is 5.84. The third-order valence-electron chi connectivity index (χ3n) is 2.91. The number of aryl methyl sites for hydroxylation is 1. The summed E-state index contributed by atoms with van der Waals surface area (Å²) in [6, 6.07) is 4.66. The lowest BCUT2D eigenvalue weighted by Gasteiger charge is -2.09. The SMILES string of the molecule is NCCCn1ccc2cc(C(F)(F)F)ccc2c1=O. The van der Waals surface area contributed by atoms with E-state index in [0.717, 1.165) is 12.1 Å². The molecule has 0 unspecified atom stereocenters. The van der Waals surface area contributed by atoms with Crippen LogP contribution in [0.2, 0.25) is 0 Å². The lowest BCUT2D eigenvalue weighted by atomic mass is 10.1. The maximum atomic E-state index is 12.6. The van der Waals surface area contributed by atoms with E-state index in [4.69, 9.17) is 5.73 Å². The lowest BCUT2D eigenvalue weighted by Crippen LogP contribution is -2.21. The molecule has 0 aliphatic heterocycles. The minimum absolute atomic E-state index is 0.285. The van der Waals surface area contributed by atoms with Gasteiger partial charge in [-0.15, -0.1) is 0 Å². The monoisotopic (exact) mass is 270 g/mol. The Hall–Kier alpha value is -1.82. The zero-order valence-electron chi connectivity index (χ0n) is 10.1. The Kier molecular flexibility index (Phi) is 3.61. The van der Waals surface area contributed by atoms with Crippen LogP contribution < -0.4 is 11.3 Å². The van der Waals surface area contributed by atoms with Crippen molar-refractivity contribution in [2.45, 2.75) is 19.1 Å². The summed E-state index contributed by atoms with van der Waals surface area (Å²) >= 11 is 0. The fourth-order valence-corrected chi connectivity index (χ4v) is 1.90. The summed E-state index contributed by atoms with van der Waals surface area (Å²) in [6.45, 7) is 0.920. The van der Waals surface area contributed by atoms with Crippen molar-refractivity contribution in [1.82, 2.24) is 4.57 Å². The number of alkyl halides is 3. The second-order valence-electron chi connectivity index (χ2n) is 4.26. The minimum Gasteiger partial charge on any atom is -0.330 e. The van der Waals surface area contributed by atoms with E-state index in [1.165, 1.54) is 22.9 Å². The first-order valence-electron chi connectivity index (χ1n) is 5.84. The molecule has 1 heterocycles. The molecule has 3 nitrogen and oxygen atoms in total. The Morgan fingerprint density at radius 1 is 1.21 bits per heavy atom. The number of aromatic nitrogens is 1. The van der Waals surface area contributed by atoms with Crippen LogP contribution in [0.1, 0.15) is 12.0 Å². The molecule has 0 aliphatic carbocycles. The predicted molar refractivity (Wildman–Crippen MR) is 66.9 cm³/mol. The second kappa shape index (κ2) is 5.05. The standard InChI is InChI=1S/C13H13F3N2O/c14-13(15,16)10-2-3-11-9(8-10)4-7-18(12(11)19)6-1-5-17/h2-4,7-8H,1,5-6,17H2. The van der Waals surface area contributed by atoms with Gasteiger partial charge in [0.1, 0.15) is 0 Å². The van der Waals surface area contributed by atoms with Crippen LogP contribution in [0.5, 0.6) is 0 Å². The van der Waals surface area contributed by atoms with Crippen molar-refractivity contribution in [1.29, 1.82) is 0 Å². The van der Waals surface area contributed by atoms with Gasteiger partial charge in [-0.1, -0.05) is 0 Å². The molecule has 102 valence electrons. The van der Waals surface area contributed by atoms with Gasteiger partial charge < -0.3 is 10.3 Å². The van der Waals surface area contributed by atoms with Gasteiger partial charge in [-0.3, -0.25) is 4.79 Å². The van der Waals surface area contributed by atoms with Gasteiger partial charge in [-0.2, -0.15) is 13.2 Å². The van der Waals surface area contributed by atoms with E-state index in [9.17, 15) is 18.0 Å². The molecule has 2 aromatic rings. The van der Waals surface area contributed by atoms with Crippen LogP contribution in [0.4, 0.5) is 13.2 Å². The van der Waals surface area contributed by atoms with Gasteiger partial charge in [0.25, 0.3) is 5.56 Å². The number of halogens is 3. The zero-order chi connectivity index (χ0) is 14.0. The quantitative estimate of drug-likeness (QED) is 0.930. The molecule has 6 heteroatoms. The number of hydrogen-bond donors (Lipinski definition) is 1. The van der Waals surface area contributed by atoms with Gasteiger partial charge in [0, 0.05) is 18.1 Å². The van der Waals surface area contributed by atoms with Crippen LogP contribution in [-0.4, -0.2) is 11.1 Å². The van der Waals surface area contributed by atoms with E-state index < -0.39 is 11.7 Å². The topological polar surface area (TPSA) is 48.0 Å². The maximum Gasteiger partial charge on any atom is 0.416 e. The first kappa shape index (κ1) is 13.6. The molecule has 0 saturated carbocycles. The molecule has 0 radical (unpaired) electrons. The number of pyridine rings is 1. The first-order chi connectivity index (χ1) is 8.93. The summed E-state index contributed by atoms with van der Waals surface area (Å²) in [7, 11) is 0. The lowest BCUT2D eigenvalue weighted by molar-refractivity contribution is -0.137. The summed E-state index contributed by atoms with van der Waals surface area (Å²) in [5.74, 6) is 0. The highest BCUT2D eigenvalue weighted by molar-refractivity contribution is 5.82. The van der Waals surface area contributed by atoms with Gasteiger partial charge >= 0.3 is 6.18 Å². The van der Waals surface area contributed by atoms with E-state index >= 15 is 0 Å². The van der Waals surface area contributed by atoms with Crippen LogP contribution >= 0.6 is 0 Å². The Labute approximate surface area is 107 Å². The average Bonchev–Trinajstić information content (AvgIpc) is 2.36. The number of rotatable bonds is 3. The zero-order valence-corrected chi connectivity index (χ0v) is 10.1. The predicted octanol–water partition coefficient (Wildman–Crippen LogP) is 2.37. The van der Waals surface area contributed by atoms with Crippen molar-refractivity contribution in [3.05, 3.63) is 46.4 Å². The van der Waals surface area contributed by atoms with Crippen LogP contribution in [-0.2, 0) is 12.7 Å². The summed E-state index contributed by atoms with van der Waals surface area (Å²) in [5.41, 5.74) is 4.32. The second-order valence-corrected chi connectivity index (χ2v) is 4.26. The van der Waals surface area contributed by atoms with Gasteiger partial charge in [-0.25, -0.2) is 0 Å². The number of fused-ring (bicyclic) bond motifs is 1. The molecule has 0 spiro atoms. The average molecular weight is 270 g/mol. The van der Waals surface area contributed by atoms with Gasteiger partial charge in [0.2, 0.25) is 0 Å². The molecule has 0 aliphatic rings. The number of nitrogens with two attached hydrogens (primary N) is 1. The van der Waals surface area contributed by atoms with Crippen molar-refractivity contribution in [3.8, 4) is 0 Å². The molecule has 0 fully saturated rings. The van der Waals surface area contributed by atoms with Crippen molar-refractivity contribution in [2.75, 3.05) is 6.54 Å². The molecule has 1 aromatic heterocycles. The Morgan fingerprint density at radius 2 is 1.95 bits per heavy atom. The maximum absolute atomic E-state index is 12.6. The normalized spacial score (nSPS) is 12.0. The fraction of sp³-hybridized carbons (Fsp3) is 0.308. The Morgan fingerprint density at radius 3 is 2.58 bits per heavy atom. The third kappa shape index (κ3) is 2.78. The van der Waals surface area contributed by atoms with Gasteiger partial charge in [0.05, 0.1) is 5.56 Å². The van der Waals surface area contributed by atoms with Crippen molar-refractivity contribution in [2.24, 2.45) is 5.73 Å². The van der Waals surface area contributed by atoms with E-state index in [1.54, 1.807) is 0 Å². The highest BCUT2D eigenvalue weighted by atomic mass is 19.4. The van der Waals surface area contributed by atoms with Crippen LogP contribution in [0.15, 0.2) is 35.3 Å². The summed E-state index contributed by atoms with van der Waals surface area (Å²) < 4.78 is 39.2. The Balaban J connectivity index is 2.51. The van der Waals surface area contributed by atoms with Crippen molar-refractivity contribution in [3.63, 3.8) is 0 Å². The van der Waals surface area contributed by atoms with Crippen LogP contribution in [0.25, 0.3) is 10.8 Å². The van der Waals surface area contributed by atoms with Crippen LogP contribution in [0, 0.1) is 0 Å². The molecule has 19 heavy (non-hydrogen) atoms. The van der Waals surface area contributed by atoms with E-state index in [0.29, 0.717) is 24.9 Å². The minimum atomic E-state index is -4.40. The number of nitrogens with zero attached hydrogens (tertiary/aromatic N) is 1. The van der Waals surface area contributed by atoms with E-state index in [1.807, 2.05) is 0 Å². The molecule has 0 atom stereocenters. The molecule has 0 saturated heterocycles. The summed E-state index contributed by atoms with van der Waals surface area (Å²) in [5, 5.41) is 0.580. The van der Waals surface area contributed by atoms with E-state index in [-0.39, 0.29) is 10.9 Å². The highest BCUT2D eigenvalue weighted by Gasteiger charge is 2.30. The summed E-state index contributed by atoms with van der Waals surface area (Å²) in [6.07, 6.45) is -2.25. The number of benzene rings is 1. The van der Waals surface area contributed by atoms with Crippen molar-refractivity contribution < 1.29 is 13.2 Å². The molecule has 2 rings (SSSR count). The molecule has 2 N–H and O–H groups in total. The van der Waals surface area contributed by atoms with Crippen molar-refractivity contribution >= 4 is 10.8 Å². The fourth-order valence-electron chi connectivity index (χ4n) is 1.90. The van der Waals surface area contributed by atoms with E-state index in [2.05, 4.69) is 0 Å². The molecular formula is C13H13F3N2O. The third-order valence-corrected chi connectivity index (χ3v) is 2.91. The van der Waals surface area contributed by atoms with Crippen LogP contribution in [0.3, 0.4) is 0 Å².